The van der Waals surface area contributed by atoms with Gasteiger partial charge in [0.25, 0.3) is 0 Å². The number of carbonyl (C=O) groups is 1. The molecule has 1 atom stereocenters. The van der Waals surface area contributed by atoms with E-state index in [9.17, 15) is 9.18 Å². The summed E-state index contributed by atoms with van der Waals surface area (Å²) in [6.45, 7) is 4.07. The number of hydrogen-bond acceptors (Lipinski definition) is 2. The molecule has 0 aromatic carbocycles. The smallest absolute Gasteiger partial charge is 0.129 e. The number of halogens is 1. The van der Waals surface area contributed by atoms with Crippen LogP contribution in [-0.4, -0.2) is 25.2 Å². The van der Waals surface area contributed by atoms with Crippen LogP contribution in [0, 0.1) is 5.41 Å². The van der Waals surface area contributed by atoms with Gasteiger partial charge < -0.3 is 9.53 Å². The summed E-state index contributed by atoms with van der Waals surface area (Å²) in [4.78, 5) is 11.0. The van der Waals surface area contributed by atoms with Crippen LogP contribution in [0.4, 0.5) is 4.39 Å². The molecule has 1 aliphatic rings. The van der Waals surface area contributed by atoms with Crippen LogP contribution >= 0.6 is 0 Å². The van der Waals surface area contributed by atoms with Gasteiger partial charge in [0, 0.05) is 6.61 Å². The fraction of sp³-hybridized carbons (Fsp3) is 0.900. The number of hydrogen-bond donors (Lipinski definition) is 0. The van der Waals surface area contributed by atoms with Crippen molar-refractivity contribution < 1.29 is 13.9 Å². The van der Waals surface area contributed by atoms with Crippen molar-refractivity contribution in [3.8, 4) is 0 Å². The van der Waals surface area contributed by atoms with Gasteiger partial charge in [-0.05, 0) is 33.1 Å². The molecule has 1 heterocycles. The molecule has 2 nitrogen and oxygen atoms in total. The largest absolute Gasteiger partial charge is 0.375 e. The Hall–Kier alpha value is -0.440. The standard InChI is InChI=1S/C10H17FO2/c1-9(2)10(8-12,4-3-6-11)5-7-13-9/h8H,3-7H2,1-2H3. The number of ether oxygens (including phenoxy) is 1. The first-order valence-corrected chi connectivity index (χ1v) is 4.74. The second-order valence-electron chi connectivity index (χ2n) is 4.18. The first kappa shape index (κ1) is 10.6. The lowest BCUT2D eigenvalue weighted by atomic mass is 9.71. The van der Waals surface area contributed by atoms with Crippen LogP contribution in [0.15, 0.2) is 0 Å². The van der Waals surface area contributed by atoms with Gasteiger partial charge in [-0.3, -0.25) is 4.39 Å². The summed E-state index contributed by atoms with van der Waals surface area (Å²) in [7, 11) is 0. The van der Waals surface area contributed by atoms with Crippen LogP contribution in [0.2, 0.25) is 0 Å². The highest BCUT2D eigenvalue weighted by Crippen LogP contribution is 2.45. The number of carbonyl (C=O) groups excluding carboxylic acids is 1. The van der Waals surface area contributed by atoms with E-state index in [1.165, 1.54) is 0 Å². The molecule has 0 aromatic heterocycles. The lowest BCUT2D eigenvalue weighted by Gasteiger charge is -2.34. The van der Waals surface area contributed by atoms with Gasteiger partial charge in [-0.2, -0.15) is 0 Å². The Bertz CT molecular complexity index is 191. The van der Waals surface area contributed by atoms with E-state index in [2.05, 4.69) is 0 Å². The fourth-order valence-electron chi connectivity index (χ4n) is 2.00. The maximum Gasteiger partial charge on any atom is 0.129 e. The average Bonchev–Trinajstić information content (AvgIpc) is 2.38. The summed E-state index contributed by atoms with van der Waals surface area (Å²) in [6.07, 6.45) is 2.73. The molecule has 3 heteroatoms. The van der Waals surface area contributed by atoms with Crippen LogP contribution in [0.25, 0.3) is 0 Å². The van der Waals surface area contributed by atoms with Crippen molar-refractivity contribution in [2.24, 2.45) is 5.41 Å². The second-order valence-corrected chi connectivity index (χ2v) is 4.18. The molecule has 0 aliphatic carbocycles. The molecule has 1 rings (SSSR count). The highest BCUT2D eigenvalue weighted by molar-refractivity contribution is 5.62. The lowest BCUT2D eigenvalue weighted by molar-refractivity contribution is -0.125. The molecular formula is C10H17FO2. The van der Waals surface area contributed by atoms with E-state index < -0.39 is 11.0 Å². The van der Waals surface area contributed by atoms with Gasteiger partial charge in [-0.1, -0.05) is 0 Å². The Balaban J connectivity index is 2.73. The van der Waals surface area contributed by atoms with Gasteiger partial charge in [0.05, 0.1) is 17.7 Å². The second kappa shape index (κ2) is 3.74. The highest BCUT2D eigenvalue weighted by atomic mass is 19.1. The minimum atomic E-state index is -0.459. The Morgan fingerprint density at radius 2 is 2.23 bits per heavy atom. The molecular weight excluding hydrogens is 171 g/mol. The van der Waals surface area contributed by atoms with Gasteiger partial charge in [0.2, 0.25) is 0 Å². The molecule has 76 valence electrons. The normalized spacial score (nSPS) is 31.9. The van der Waals surface area contributed by atoms with Gasteiger partial charge >= 0.3 is 0 Å². The summed E-state index contributed by atoms with van der Waals surface area (Å²) >= 11 is 0. The first-order valence-electron chi connectivity index (χ1n) is 4.74. The van der Waals surface area contributed by atoms with Crippen LogP contribution in [0.1, 0.15) is 33.1 Å². The van der Waals surface area contributed by atoms with Crippen LogP contribution in [-0.2, 0) is 9.53 Å². The van der Waals surface area contributed by atoms with Gasteiger partial charge in [0.1, 0.15) is 6.29 Å². The van der Waals surface area contributed by atoms with Crippen molar-refractivity contribution in [2.75, 3.05) is 13.3 Å². The summed E-state index contributed by atoms with van der Waals surface area (Å²) in [6, 6.07) is 0. The molecule has 0 N–H and O–H groups in total. The molecule has 0 spiro atoms. The molecule has 0 aromatic rings. The number of aldehydes is 1. The molecule has 1 unspecified atom stereocenters. The quantitative estimate of drug-likeness (QED) is 0.632. The van der Waals surface area contributed by atoms with Crippen molar-refractivity contribution in [2.45, 2.75) is 38.7 Å². The van der Waals surface area contributed by atoms with Crippen LogP contribution in [0.3, 0.4) is 0 Å². The summed E-state index contributed by atoms with van der Waals surface area (Å²) < 4.78 is 17.5. The van der Waals surface area contributed by atoms with Crippen LogP contribution in [0.5, 0.6) is 0 Å². The summed E-state index contributed by atoms with van der Waals surface area (Å²) in [5.41, 5.74) is -0.886. The maximum atomic E-state index is 12.0. The van der Waals surface area contributed by atoms with Gasteiger partial charge in [-0.25, -0.2) is 0 Å². The Labute approximate surface area is 78.5 Å². The molecule has 13 heavy (non-hydrogen) atoms. The summed E-state index contributed by atoms with van der Waals surface area (Å²) in [5, 5.41) is 0. The van der Waals surface area contributed by atoms with Crippen molar-refractivity contribution in [1.29, 1.82) is 0 Å². The predicted molar refractivity (Wildman–Crippen MR) is 48.4 cm³/mol. The lowest BCUT2D eigenvalue weighted by Crippen LogP contribution is -2.41. The number of rotatable bonds is 4. The molecule has 0 saturated carbocycles. The molecule has 0 bridgehead atoms. The van der Waals surface area contributed by atoms with Crippen molar-refractivity contribution in [3.05, 3.63) is 0 Å². The zero-order valence-corrected chi connectivity index (χ0v) is 8.31. The number of alkyl halides is 1. The summed E-state index contributed by atoms with van der Waals surface area (Å²) in [5.74, 6) is 0. The van der Waals surface area contributed by atoms with E-state index in [4.69, 9.17) is 4.74 Å². The first-order chi connectivity index (χ1) is 6.08. The Morgan fingerprint density at radius 3 is 2.62 bits per heavy atom. The van der Waals surface area contributed by atoms with Crippen molar-refractivity contribution in [3.63, 3.8) is 0 Å². The van der Waals surface area contributed by atoms with Crippen LogP contribution < -0.4 is 0 Å². The third-order valence-corrected chi connectivity index (χ3v) is 3.19. The maximum absolute atomic E-state index is 12.0. The molecule has 1 saturated heterocycles. The average molecular weight is 188 g/mol. The minimum absolute atomic E-state index is 0.355. The Kier molecular flexibility index (Phi) is 3.06. The zero-order chi connectivity index (χ0) is 9.95. The van der Waals surface area contributed by atoms with Crippen molar-refractivity contribution >= 4 is 6.29 Å². The minimum Gasteiger partial charge on any atom is -0.375 e. The Morgan fingerprint density at radius 1 is 1.54 bits per heavy atom. The third-order valence-electron chi connectivity index (χ3n) is 3.19. The van der Waals surface area contributed by atoms with E-state index in [1.54, 1.807) is 0 Å². The van der Waals surface area contributed by atoms with E-state index in [0.29, 0.717) is 19.4 Å². The monoisotopic (exact) mass is 188 g/mol. The topological polar surface area (TPSA) is 26.3 Å². The fourth-order valence-corrected chi connectivity index (χ4v) is 2.00. The predicted octanol–water partition coefficient (Wildman–Crippen LogP) is 2.12. The van der Waals surface area contributed by atoms with Gasteiger partial charge in [-0.15, -0.1) is 0 Å². The van der Waals surface area contributed by atoms with E-state index in [-0.39, 0.29) is 6.67 Å². The molecule has 0 radical (unpaired) electrons. The van der Waals surface area contributed by atoms with Crippen molar-refractivity contribution in [1.82, 2.24) is 0 Å². The van der Waals surface area contributed by atoms with E-state index in [0.717, 1.165) is 12.7 Å². The molecule has 0 amide bonds. The molecule has 1 aliphatic heterocycles. The van der Waals surface area contributed by atoms with E-state index in [1.807, 2.05) is 13.8 Å². The highest BCUT2D eigenvalue weighted by Gasteiger charge is 2.49. The van der Waals surface area contributed by atoms with E-state index >= 15 is 0 Å². The SMILES string of the molecule is CC1(C)OCCC1(C=O)CCCF. The van der Waals surface area contributed by atoms with Gasteiger partial charge in [0.15, 0.2) is 0 Å². The third kappa shape index (κ3) is 1.75. The molecule has 1 fully saturated rings. The zero-order valence-electron chi connectivity index (χ0n) is 8.31.